The van der Waals surface area contributed by atoms with E-state index in [2.05, 4.69) is 0 Å². The van der Waals surface area contributed by atoms with Crippen molar-refractivity contribution >= 4 is 11.6 Å². The summed E-state index contributed by atoms with van der Waals surface area (Å²) in [4.78, 5) is 24.3. The molecule has 2 aliphatic rings. The van der Waals surface area contributed by atoms with Crippen LogP contribution >= 0.6 is 0 Å². The molecule has 44 heavy (non-hydrogen) atoms. The van der Waals surface area contributed by atoms with Crippen LogP contribution in [0.25, 0.3) is 0 Å². The van der Waals surface area contributed by atoms with Crippen molar-refractivity contribution < 1.29 is 19.8 Å². The van der Waals surface area contributed by atoms with Gasteiger partial charge in [0.25, 0.3) is 0 Å². The van der Waals surface area contributed by atoms with Crippen LogP contribution < -0.4 is 0 Å². The van der Waals surface area contributed by atoms with Crippen LogP contribution in [0, 0.1) is 10.8 Å². The molecule has 232 valence electrons. The molecule has 0 unspecified atom stereocenters. The van der Waals surface area contributed by atoms with Gasteiger partial charge in [-0.05, 0) is 80.4 Å². The number of rotatable bonds is 10. The van der Waals surface area contributed by atoms with Crippen LogP contribution in [0.1, 0.15) is 69.2 Å². The number of aliphatic hydroxyl groups is 2. The highest BCUT2D eigenvalue weighted by molar-refractivity contribution is 6.06. The third-order valence-corrected chi connectivity index (χ3v) is 8.00. The molecule has 0 aromatic rings. The Labute approximate surface area is 264 Å². The molecule has 4 heteroatoms. The van der Waals surface area contributed by atoms with Crippen molar-refractivity contribution in [1.29, 1.82) is 0 Å². The van der Waals surface area contributed by atoms with Gasteiger partial charge in [-0.2, -0.15) is 0 Å². The van der Waals surface area contributed by atoms with Gasteiger partial charge in [-0.15, -0.1) is 0 Å². The molecule has 0 radical (unpaired) electrons. The van der Waals surface area contributed by atoms with Gasteiger partial charge in [0.1, 0.15) is 11.5 Å². The summed E-state index contributed by atoms with van der Waals surface area (Å²) >= 11 is 0. The molecular weight excluding hydrogens is 544 g/mol. The van der Waals surface area contributed by atoms with Gasteiger partial charge in [-0.3, -0.25) is 9.59 Å². The first-order valence-electron chi connectivity index (χ1n) is 14.9. The minimum absolute atomic E-state index is 0.0907. The van der Waals surface area contributed by atoms with Crippen molar-refractivity contribution in [2.24, 2.45) is 10.8 Å². The molecule has 0 atom stereocenters. The minimum atomic E-state index is -0.594. The van der Waals surface area contributed by atoms with Crippen molar-refractivity contribution in [2.75, 3.05) is 0 Å². The average molecular weight is 593 g/mol. The zero-order valence-corrected chi connectivity index (χ0v) is 27.9. The number of ketones is 2. The van der Waals surface area contributed by atoms with Crippen LogP contribution in [-0.2, 0) is 9.59 Å². The van der Waals surface area contributed by atoms with Gasteiger partial charge in [0.05, 0.1) is 0 Å². The van der Waals surface area contributed by atoms with E-state index < -0.39 is 10.8 Å². The Bertz CT molecular complexity index is 1450. The summed E-state index contributed by atoms with van der Waals surface area (Å²) in [7, 11) is 0. The van der Waals surface area contributed by atoms with Crippen LogP contribution in [0.5, 0.6) is 0 Å². The lowest BCUT2D eigenvalue weighted by atomic mass is 9.75. The summed E-state index contributed by atoms with van der Waals surface area (Å²) in [6.45, 7) is 19.3. The molecular formula is C40H48O4. The van der Waals surface area contributed by atoms with E-state index in [-0.39, 0.29) is 23.1 Å². The normalized spacial score (nSPS) is 20.9. The number of hydrogen-bond donors (Lipinski definition) is 2. The summed E-state index contributed by atoms with van der Waals surface area (Å²) in [5.74, 6) is -0.121. The fraction of sp³-hybridized carbons (Fsp3) is 0.300. The molecule has 0 aliphatic heterocycles. The summed E-state index contributed by atoms with van der Waals surface area (Å²) in [6, 6.07) is 0. The van der Waals surface area contributed by atoms with Gasteiger partial charge in [0, 0.05) is 34.1 Å². The van der Waals surface area contributed by atoms with E-state index in [0.717, 1.165) is 33.4 Å². The summed E-state index contributed by atoms with van der Waals surface area (Å²) in [5, 5.41) is 20.5. The number of carbonyl (C=O) groups is 2. The Morgan fingerprint density at radius 3 is 1.18 bits per heavy atom. The lowest BCUT2D eigenvalue weighted by Crippen LogP contribution is -2.25. The van der Waals surface area contributed by atoms with Gasteiger partial charge < -0.3 is 10.2 Å². The Hall–Kier alpha value is -4.44. The van der Waals surface area contributed by atoms with Crippen molar-refractivity contribution in [3.63, 3.8) is 0 Å². The number of carbonyl (C=O) groups excluding carboxylic acids is 2. The molecule has 4 nitrogen and oxygen atoms in total. The van der Waals surface area contributed by atoms with Crippen LogP contribution in [0.2, 0.25) is 0 Å². The molecule has 0 heterocycles. The molecule has 0 amide bonds. The third-order valence-electron chi connectivity index (χ3n) is 8.00. The SMILES string of the molecule is CC1=C(/C=C/C(C)=C/C=C/C(C)=C/C=C/C=C(C)/C=C/C=C(C)/C=C/C2=C(C)C(=O)C=C(O)C2(C)C)C(C)(C)C(O)=CC1=O. The monoisotopic (exact) mass is 592 g/mol. The highest BCUT2D eigenvalue weighted by Gasteiger charge is 2.34. The maximum absolute atomic E-state index is 12.1. The lowest BCUT2D eigenvalue weighted by Gasteiger charge is -2.30. The first-order valence-corrected chi connectivity index (χ1v) is 14.9. The molecule has 2 N–H and O–H groups in total. The fourth-order valence-corrected chi connectivity index (χ4v) is 4.74. The van der Waals surface area contributed by atoms with E-state index in [4.69, 9.17) is 0 Å². The van der Waals surface area contributed by atoms with Gasteiger partial charge >= 0.3 is 0 Å². The topological polar surface area (TPSA) is 74.6 Å². The lowest BCUT2D eigenvalue weighted by molar-refractivity contribution is -0.112. The zero-order chi connectivity index (χ0) is 33.2. The largest absolute Gasteiger partial charge is 0.511 e. The highest BCUT2D eigenvalue weighted by atomic mass is 16.3. The second-order valence-electron chi connectivity index (χ2n) is 12.5. The number of allylic oxidation sites excluding steroid dienone is 24. The van der Waals surface area contributed by atoms with E-state index in [9.17, 15) is 19.8 Å². The van der Waals surface area contributed by atoms with Gasteiger partial charge in [-0.25, -0.2) is 0 Å². The van der Waals surface area contributed by atoms with E-state index in [1.54, 1.807) is 13.8 Å². The Balaban J connectivity index is 1.96. The molecule has 0 spiro atoms. The average Bonchev–Trinajstić information content (AvgIpc) is 2.93. The highest BCUT2D eigenvalue weighted by Crippen LogP contribution is 2.40. The molecule has 2 aliphatic carbocycles. The Morgan fingerprint density at radius 1 is 0.545 bits per heavy atom. The van der Waals surface area contributed by atoms with E-state index in [0.29, 0.717) is 11.1 Å². The summed E-state index contributed by atoms with van der Waals surface area (Å²) < 4.78 is 0. The van der Waals surface area contributed by atoms with Gasteiger partial charge in [0.2, 0.25) is 0 Å². The van der Waals surface area contributed by atoms with E-state index in [1.165, 1.54) is 12.2 Å². The smallest absolute Gasteiger partial charge is 0.185 e. The van der Waals surface area contributed by atoms with Crippen LogP contribution in [0.4, 0.5) is 0 Å². The number of aliphatic hydroxyl groups excluding tert-OH is 2. The first-order chi connectivity index (χ1) is 20.5. The predicted octanol–water partition coefficient (Wildman–Crippen LogP) is 10.3. The van der Waals surface area contributed by atoms with Gasteiger partial charge in [-0.1, -0.05) is 107 Å². The second-order valence-corrected chi connectivity index (χ2v) is 12.5. The quantitative estimate of drug-likeness (QED) is 0.248. The fourth-order valence-electron chi connectivity index (χ4n) is 4.74. The van der Waals surface area contributed by atoms with Crippen molar-refractivity contribution in [3.8, 4) is 0 Å². The predicted molar refractivity (Wildman–Crippen MR) is 185 cm³/mol. The molecule has 0 bridgehead atoms. The minimum Gasteiger partial charge on any atom is -0.511 e. The van der Waals surface area contributed by atoms with Crippen LogP contribution in [0.3, 0.4) is 0 Å². The van der Waals surface area contributed by atoms with Crippen molar-refractivity contribution in [1.82, 2.24) is 0 Å². The molecule has 2 rings (SSSR count). The Morgan fingerprint density at radius 2 is 0.841 bits per heavy atom. The molecule has 0 aromatic heterocycles. The Kier molecular flexibility index (Phi) is 12.5. The standard InChI is InChI=1S/C40H48O4/c1-27(17-13-19-29(3)21-23-33-31(5)35(41)25-37(43)39(33,7)8)15-11-12-16-28(2)18-14-20-30(4)22-24-34-32(6)36(42)26-38(44)40(34,9)10/h11-26,43-44H,1-10H3/b12-11+,17-13+,18-14+,23-21+,24-22+,27-15+,28-16+,29-19+,30-20+. The number of hydrogen-bond acceptors (Lipinski definition) is 4. The summed E-state index contributed by atoms with van der Waals surface area (Å²) in [6.07, 6.45) is 30.5. The van der Waals surface area contributed by atoms with Crippen molar-refractivity contribution in [2.45, 2.75) is 69.2 Å². The van der Waals surface area contributed by atoms with Gasteiger partial charge in [0.15, 0.2) is 11.6 Å². The van der Waals surface area contributed by atoms with E-state index in [1.807, 2.05) is 140 Å². The molecule has 0 fully saturated rings. The zero-order valence-electron chi connectivity index (χ0n) is 27.9. The van der Waals surface area contributed by atoms with E-state index >= 15 is 0 Å². The summed E-state index contributed by atoms with van der Waals surface area (Å²) in [5.41, 5.74) is 6.04. The second kappa shape index (κ2) is 15.3. The maximum atomic E-state index is 12.1. The maximum Gasteiger partial charge on any atom is 0.185 e. The van der Waals surface area contributed by atoms with Crippen LogP contribution in [-0.4, -0.2) is 21.8 Å². The molecule has 0 aromatic carbocycles. The molecule has 0 saturated heterocycles. The first kappa shape index (κ1) is 35.8. The van der Waals surface area contributed by atoms with Crippen molar-refractivity contribution in [3.05, 3.63) is 153 Å². The third kappa shape index (κ3) is 9.54. The molecule has 0 saturated carbocycles. The van der Waals surface area contributed by atoms with Crippen LogP contribution in [0.15, 0.2) is 153 Å².